The maximum absolute atomic E-state index is 13.0. The molecule has 8 heteroatoms. The van der Waals surface area contributed by atoms with Crippen LogP contribution >= 0.6 is 0 Å². The lowest BCUT2D eigenvalue weighted by atomic mass is 9.87. The van der Waals surface area contributed by atoms with Crippen LogP contribution in [0.2, 0.25) is 0 Å². The number of rotatable bonds is 2. The van der Waals surface area contributed by atoms with Gasteiger partial charge in [-0.25, -0.2) is 4.98 Å². The summed E-state index contributed by atoms with van der Waals surface area (Å²) in [7, 11) is 0. The van der Waals surface area contributed by atoms with Gasteiger partial charge in [0.05, 0.1) is 11.1 Å². The minimum Gasteiger partial charge on any atom is -0.440 e. The molecule has 0 bridgehead atoms. The van der Waals surface area contributed by atoms with Gasteiger partial charge in [0.25, 0.3) is 0 Å². The molecule has 0 saturated heterocycles. The van der Waals surface area contributed by atoms with E-state index in [9.17, 15) is 26.3 Å². The minimum absolute atomic E-state index is 0.0495. The Hall–Kier alpha value is -2.51. The number of benzene rings is 2. The first kappa shape index (κ1) is 20.2. The van der Waals surface area contributed by atoms with E-state index in [1.54, 1.807) is 12.1 Å². The standard InChI is InChI=1S/C20H17F6NO/c1-18(2,3)12-4-5-16-15(10-12)27-17(28-16)8-11-6-13(19(21,22)23)9-14(7-11)20(24,25)26/h4-7,9-10H,8H2,1-3H3. The summed E-state index contributed by atoms with van der Waals surface area (Å²) < 4.78 is 83.5. The van der Waals surface area contributed by atoms with Crippen molar-refractivity contribution in [1.82, 2.24) is 4.98 Å². The van der Waals surface area contributed by atoms with Crippen molar-refractivity contribution in [1.29, 1.82) is 0 Å². The van der Waals surface area contributed by atoms with Crippen LogP contribution in [-0.4, -0.2) is 4.98 Å². The molecular formula is C20H17F6NO. The Balaban J connectivity index is 2.01. The number of hydrogen-bond donors (Lipinski definition) is 0. The molecule has 0 aliphatic heterocycles. The van der Waals surface area contributed by atoms with Crippen molar-refractivity contribution in [3.05, 3.63) is 64.5 Å². The molecule has 0 aliphatic carbocycles. The average Bonchev–Trinajstić information content (AvgIpc) is 2.93. The third-order valence-electron chi connectivity index (χ3n) is 4.30. The van der Waals surface area contributed by atoms with Gasteiger partial charge in [0, 0.05) is 6.42 Å². The molecule has 0 amide bonds. The predicted octanol–water partition coefficient (Wildman–Crippen LogP) is 6.75. The summed E-state index contributed by atoms with van der Waals surface area (Å²) in [6, 6.07) is 6.82. The quantitative estimate of drug-likeness (QED) is 0.444. The summed E-state index contributed by atoms with van der Waals surface area (Å²) >= 11 is 0. The topological polar surface area (TPSA) is 26.0 Å². The summed E-state index contributed by atoms with van der Waals surface area (Å²) in [5.41, 5.74) is -1.12. The van der Waals surface area contributed by atoms with E-state index in [1.165, 1.54) is 0 Å². The van der Waals surface area contributed by atoms with E-state index in [0.717, 1.165) is 5.56 Å². The van der Waals surface area contributed by atoms with Crippen molar-refractivity contribution >= 4 is 11.1 Å². The van der Waals surface area contributed by atoms with E-state index in [4.69, 9.17) is 4.42 Å². The molecule has 2 aromatic carbocycles. The van der Waals surface area contributed by atoms with Crippen molar-refractivity contribution in [2.45, 2.75) is 45.0 Å². The number of hydrogen-bond acceptors (Lipinski definition) is 2. The number of nitrogens with zero attached hydrogens (tertiary/aromatic N) is 1. The zero-order chi connectivity index (χ0) is 20.9. The molecule has 3 aromatic rings. The van der Waals surface area contributed by atoms with Crippen LogP contribution in [0.5, 0.6) is 0 Å². The highest BCUT2D eigenvalue weighted by Gasteiger charge is 2.37. The average molecular weight is 401 g/mol. The molecule has 3 rings (SSSR count). The van der Waals surface area contributed by atoms with Crippen LogP contribution in [0.15, 0.2) is 40.8 Å². The lowest BCUT2D eigenvalue weighted by Gasteiger charge is -2.18. The van der Waals surface area contributed by atoms with E-state index in [2.05, 4.69) is 4.98 Å². The molecule has 0 atom stereocenters. The van der Waals surface area contributed by atoms with E-state index in [-0.39, 0.29) is 29.4 Å². The van der Waals surface area contributed by atoms with Gasteiger partial charge in [-0.3, -0.25) is 0 Å². The monoisotopic (exact) mass is 401 g/mol. The summed E-state index contributed by atoms with van der Waals surface area (Å²) in [6.07, 6.45) is -10.1. The fourth-order valence-corrected chi connectivity index (χ4v) is 2.81. The van der Waals surface area contributed by atoms with Crippen LogP contribution in [-0.2, 0) is 24.2 Å². The highest BCUT2D eigenvalue weighted by molar-refractivity contribution is 5.73. The van der Waals surface area contributed by atoms with Gasteiger partial charge in [0.15, 0.2) is 11.5 Å². The molecule has 0 N–H and O–H groups in total. The SMILES string of the molecule is CC(C)(C)c1ccc2oc(Cc3cc(C(F)(F)F)cc(C(F)(F)F)c3)nc2c1. The van der Waals surface area contributed by atoms with Gasteiger partial charge in [-0.05, 0) is 46.9 Å². The van der Waals surface area contributed by atoms with Gasteiger partial charge in [0.2, 0.25) is 0 Å². The van der Waals surface area contributed by atoms with Crippen LogP contribution in [0.4, 0.5) is 26.3 Å². The number of oxazole rings is 1. The van der Waals surface area contributed by atoms with Gasteiger partial charge in [-0.2, -0.15) is 26.3 Å². The van der Waals surface area contributed by atoms with Crippen LogP contribution in [0, 0.1) is 0 Å². The zero-order valence-electron chi connectivity index (χ0n) is 15.3. The zero-order valence-corrected chi connectivity index (χ0v) is 15.3. The van der Waals surface area contributed by atoms with Crippen molar-refractivity contribution in [2.75, 3.05) is 0 Å². The molecule has 2 nitrogen and oxygen atoms in total. The normalized spacial score (nSPS) is 13.3. The second kappa shape index (κ2) is 6.53. The van der Waals surface area contributed by atoms with E-state index in [1.807, 2.05) is 26.8 Å². The molecular weight excluding hydrogens is 384 g/mol. The van der Waals surface area contributed by atoms with Crippen molar-refractivity contribution in [2.24, 2.45) is 0 Å². The van der Waals surface area contributed by atoms with Gasteiger partial charge in [0.1, 0.15) is 5.52 Å². The summed E-state index contributed by atoms with van der Waals surface area (Å²) in [5, 5.41) is 0. The number of alkyl halides is 6. The number of aromatic nitrogens is 1. The molecule has 28 heavy (non-hydrogen) atoms. The second-order valence-corrected chi connectivity index (χ2v) is 7.63. The Kier molecular flexibility index (Phi) is 4.72. The van der Waals surface area contributed by atoms with E-state index < -0.39 is 23.5 Å². The number of halogens is 6. The first-order valence-electron chi connectivity index (χ1n) is 8.42. The van der Waals surface area contributed by atoms with Gasteiger partial charge >= 0.3 is 12.4 Å². The van der Waals surface area contributed by atoms with E-state index >= 15 is 0 Å². The highest BCUT2D eigenvalue weighted by Crippen LogP contribution is 2.37. The van der Waals surface area contributed by atoms with Gasteiger partial charge in [-0.1, -0.05) is 26.8 Å². The Morgan fingerprint density at radius 3 is 1.86 bits per heavy atom. The third-order valence-corrected chi connectivity index (χ3v) is 4.30. The van der Waals surface area contributed by atoms with Crippen LogP contribution in [0.25, 0.3) is 11.1 Å². The van der Waals surface area contributed by atoms with Crippen molar-refractivity contribution in [3.63, 3.8) is 0 Å². The first-order valence-corrected chi connectivity index (χ1v) is 8.42. The van der Waals surface area contributed by atoms with Gasteiger partial charge in [-0.15, -0.1) is 0 Å². The Morgan fingerprint density at radius 1 is 0.786 bits per heavy atom. The van der Waals surface area contributed by atoms with Crippen molar-refractivity contribution < 1.29 is 30.8 Å². The Bertz CT molecular complexity index is 976. The molecule has 150 valence electrons. The summed E-state index contributed by atoms with van der Waals surface area (Å²) in [6.45, 7) is 6.03. The number of fused-ring (bicyclic) bond motifs is 1. The summed E-state index contributed by atoms with van der Waals surface area (Å²) in [4.78, 5) is 4.24. The fraction of sp³-hybridized carbons (Fsp3) is 0.350. The van der Waals surface area contributed by atoms with Crippen molar-refractivity contribution in [3.8, 4) is 0 Å². The molecule has 0 radical (unpaired) electrons. The highest BCUT2D eigenvalue weighted by atomic mass is 19.4. The lowest BCUT2D eigenvalue weighted by Crippen LogP contribution is -2.12. The molecule has 0 spiro atoms. The smallest absolute Gasteiger partial charge is 0.416 e. The maximum atomic E-state index is 13.0. The van der Waals surface area contributed by atoms with Gasteiger partial charge < -0.3 is 4.42 Å². The minimum atomic E-state index is -4.89. The predicted molar refractivity (Wildman–Crippen MR) is 92.0 cm³/mol. The molecule has 1 heterocycles. The second-order valence-electron chi connectivity index (χ2n) is 7.63. The van der Waals surface area contributed by atoms with E-state index in [0.29, 0.717) is 23.2 Å². The molecule has 1 aromatic heterocycles. The largest absolute Gasteiger partial charge is 0.440 e. The Labute approximate surface area is 157 Å². The first-order chi connectivity index (χ1) is 12.7. The molecule has 0 saturated carbocycles. The third kappa shape index (κ3) is 4.31. The van der Waals surface area contributed by atoms with Crippen LogP contribution < -0.4 is 0 Å². The Morgan fingerprint density at radius 2 is 1.36 bits per heavy atom. The molecule has 0 aliphatic rings. The lowest BCUT2D eigenvalue weighted by molar-refractivity contribution is -0.143. The van der Waals surface area contributed by atoms with Crippen LogP contribution in [0.3, 0.4) is 0 Å². The molecule has 0 fully saturated rings. The summed E-state index contributed by atoms with van der Waals surface area (Å²) in [5.74, 6) is 0.0495. The molecule has 0 unspecified atom stereocenters. The maximum Gasteiger partial charge on any atom is 0.416 e. The van der Waals surface area contributed by atoms with Crippen LogP contribution in [0.1, 0.15) is 48.9 Å². The fourth-order valence-electron chi connectivity index (χ4n) is 2.81.